The van der Waals surface area contributed by atoms with Crippen molar-refractivity contribution in [1.29, 1.82) is 0 Å². The van der Waals surface area contributed by atoms with Gasteiger partial charge in [0.05, 0.1) is 17.1 Å². The molecule has 1 saturated heterocycles. The van der Waals surface area contributed by atoms with Gasteiger partial charge in [0.1, 0.15) is 12.4 Å². The molecule has 1 aromatic heterocycles. The Labute approximate surface area is 221 Å². The summed E-state index contributed by atoms with van der Waals surface area (Å²) in [6, 6.07) is 15.2. The van der Waals surface area contributed by atoms with Gasteiger partial charge in [0.15, 0.2) is 0 Å². The van der Waals surface area contributed by atoms with Gasteiger partial charge in [0, 0.05) is 24.5 Å². The highest BCUT2D eigenvalue weighted by molar-refractivity contribution is 7.10. The molecular formula is C28H31ClFN3O2S. The molecule has 190 valence electrons. The Balaban J connectivity index is 1.55. The number of thiophene rings is 1. The molecule has 8 heteroatoms. The fraction of sp³-hybridized carbons (Fsp3) is 0.357. The highest BCUT2D eigenvalue weighted by atomic mass is 35.5. The molecule has 1 fully saturated rings. The number of benzene rings is 2. The van der Waals surface area contributed by atoms with Crippen molar-refractivity contribution in [2.45, 2.75) is 32.9 Å². The summed E-state index contributed by atoms with van der Waals surface area (Å²) in [5, 5.41) is 2.38. The topological polar surface area (TPSA) is 43.9 Å². The highest BCUT2D eigenvalue weighted by Gasteiger charge is 2.25. The number of likely N-dealkylation sites (tertiary alicyclic amines) is 1. The molecule has 0 atom stereocenters. The average Bonchev–Trinajstić information content (AvgIpc) is 3.54. The third-order valence-corrected chi connectivity index (χ3v) is 7.88. The Morgan fingerprint density at radius 3 is 2.39 bits per heavy atom. The second kappa shape index (κ2) is 12.5. The molecule has 2 heterocycles. The van der Waals surface area contributed by atoms with Crippen LogP contribution in [0.3, 0.4) is 0 Å². The van der Waals surface area contributed by atoms with Crippen LogP contribution in [-0.4, -0.2) is 59.2 Å². The van der Waals surface area contributed by atoms with Gasteiger partial charge < -0.3 is 14.7 Å². The van der Waals surface area contributed by atoms with Crippen molar-refractivity contribution < 1.29 is 14.0 Å². The lowest BCUT2D eigenvalue weighted by atomic mass is 10.1. The van der Waals surface area contributed by atoms with Crippen molar-refractivity contribution >= 4 is 34.8 Å². The fourth-order valence-electron chi connectivity index (χ4n) is 4.37. The van der Waals surface area contributed by atoms with Crippen molar-refractivity contribution in [3.8, 4) is 0 Å². The summed E-state index contributed by atoms with van der Waals surface area (Å²) in [6.07, 6.45) is 2.31. The van der Waals surface area contributed by atoms with Gasteiger partial charge in [-0.15, -0.1) is 11.3 Å². The first kappa shape index (κ1) is 26.3. The maximum absolute atomic E-state index is 13.7. The summed E-state index contributed by atoms with van der Waals surface area (Å²) < 4.78 is 13.5. The highest BCUT2D eigenvalue weighted by Crippen LogP contribution is 2.21. The molecule has 0 radical (unpaired) electrons. The van der Waals surface area contributed by atoms with Crippen LogP contribution in [0.1, 0.15) is 39.2 Å². The minimum atomic E-state index is -0.316. The standard InChI is InChI=1S/C28H31ClFN3O2S/c1-21-12-17-36-26(21)19-33(18-22-8-10-23(30)11-9-22)27(34)20-32(16-15-31-13-4-5-14-31)28(35)24-6-2-3-7-25(24)29/h2-3,6-12,17H,4-5,13-16,18-20H2,1H3. The summed E-state index contributed by atoms with van der Waals surface area (Å²) in [6.45, 7) is 5.91. The van der Waals surface area contributed by atoms with E-state index in [1.54, 1.807) is 57.5 Å². The maximum Gasteiger partial charge on any atom is 0.255 e. The van der Waals surface area contributed by atoms with E-state index in [9.17, 15) is 14.0 Å². The van der Waals surface area contributed by atoms with E-state index in [2.05, 4.69) is 4.90 Å². The van der Waals surface area contributed by atoms with Crippen molar-refractivity contribution in [2.75, 3.05) is 32.7 Å². The number of rotatable bonds is 10. The van der Waals surface area contributed by atoms with E-state index < -0.39 is 0 Å². The average molecular weight is 528 g/mol. The molecule has 1 aliphatic rings. The Morgan fingerprint density at radius 2 is 1.72 bits per heavy atom. The number of halogens is 2. The Morgan fingerprint density at radius 1 is 1.00 bits per heavy atom. The van der Waals surface area contributed by atoms with E-state index in [0.717, 1.165) is 41.9 Å². The molecule has 0 spiro atoms. The first-order chi connectivity index (χ1) is 17.4. The van der Waals surface area contributed by atoms with Gasteiger partial charge >= 0.3 is 0 Å². The van der Waals surface area contributed by atoms with Crippen LogP contribution in [0, 0.1) is 12.7 Å². The second-order valence-corrected chi connectivity index (χ2v) is 10.6. The van der Waals surface area contributed by atoms with Gasteiger partial charge in [-0.3, -0.25) is 9.59 Å². The van der Waals surface area contributed by atoms with Crippen molar-refractivity contribution in [3.05, 3.63) is 92.4 Å². The molecule has 36 heavy (non-hydrogen) atoms. The first-order valence-electron chi connectivity index (χ1n) is 12.2. The summed E-state index contributed by atoms with van der Waals surface area (Å²) in [5.74, 6) is -0.722. The molecular weight excluding hydrogens is 497 g/mol. The molecule has 5 nitrogen and oxygen atoms in total. The van der Waals surface area contributed by atoms with E-state index in [1.165, 1.54) is 12.1 Å². The van der Waals surface area contributed by atoms with Crippen LogP contribution in [0.2, 0.25) is 5.02 Å². The number of carbonyl (C=O) groups is 2. The zero-order valence-electron chi connectivity index (χ0n) is 20.5. The number of hydrogen-bond acceptors (Lipinski definition) is 4. The Bertz CT molecular complexity index is 1180. The number of aryl methyl sites for hydroxylation is 1. The molecule has 4 rings (SSSR count). The number of hydrogen-bond donors (Lipinski definition) is 0. The number of nitrogens with zero attached hydrogens (tertiary/aromatic N) is 3. The van der Waals surface area contributed by atoms with Gasteiger partial charge in [-0.2, -0.15) is 0 Å². The van der Waals surface area contributed by atoms with E-state index in [4.69, 9.17) is 11.6 Å². The first-order valence-corrected chi connectivity index (χ1v) is 13.5. The predicted molar refractivity (Wildman–Crippen MR) is 143 cm³/mol. The van der Waals surface area contributed by atoms with Crippen LogP contribution in [0.15, 0.2) is 60.0 Å². The van der Waals surface area contributed by atoms with Crippen LogP contribution in [0.5, 0.6) is 0 Å². The van der Waals surface area contributed by atoms with Crippen LogP contribution in [-0.2, 0) is 17.9 Å². The van der Waals surface area contributed by atoms with Crippen molar-refractivity contribution in [1.82, 2.24) is 14.7 Å². The van der Waals surface area contributed by atoms with Crippen LogP contribution >= 0.6 is 22.9 Å². The molecule has 0 unspecified atom stereocenters. The lowest BCUT2D eigenvalue weighted by molar-refractivity contribution is -0.133. The molecule has 2 amide bonds. The summed E-state index contributed by atoms with van der Waals surface area (Å²) in [7, 11) is 0. The van der Waals surface area contributed by atoms with Gasteiger partial charge in [-0.05, 0) is 79.7 Å². The molecule has 3 aromatic rings. The largest absolute Gasteiger partial charge is 0.332 e. The van der Waals surface area contributed by atoms with E-state index in [1.807, 2.05) is 18.4 Å². The summed E-state index contributed by atoms with van der Waals surface area (Å²) in [4.78, 5) is 34.0. The molecule has 1 aliphatic heterocycles. The zero-order valence-corrected chi connectivity index (χ0v) is 22.0. The monoisotopic (exact) mass is 527 g/mol. The van der Waals surface area contributed by atoms with E-state index in [0.29, 0.717) is 36.8 Å². The van der Waals surface area contributed by atoms with E-state index >= 15 is 0 Å². The predicted octanol–water partition coefficient (Wildman–Crippen LogP) is 5.62. The number of carbonyl (C=O) groups excluding carboxylic acids is 2. The van der Waals surface area contributed by atoms with Gasteiger partial charge in [-0.25, -0.2) is 4.39 Å². The molecule has 0 aliphatic carbocycles. The zero-order chi connectivity index (χ0) is 25.5. The lowest BCUT2D eigenvalue weighted by Gasteiger charge is -2.29. The minimum Gasteiger partial charge on any atom is -0.332 e. The fourth-order valence-corrected chi connectivity index (χ4v) is 5.51. The van der Waals surface area contributed by atoms with Gasteiger partial charge in [0.2, 0.25) is 5.91 Å². The van der Waals surface area contributed by atoms with Gasteiger partial charge in [-0.1, -0.05) is 35.9 Å². The molecule has 2 aromatic carbocycles. The van der Waals surface area contributed by atoms with Crippen molar-refractivity contribution in [2.24, 2.45) is 0 Å². The molecule has 0 saturated carbocycles. The maximum atomic E-state index is 13.7. The Hall–Kier alpha value is -2.74. The SMILES string of the molecule is Cc1ccsc1CN(Cc1ccc(F)cc1)C(=O)CN(CCN1CCCC1)C(=O)c1ccccc1Cl. The lowest BCUT2D eigenvalue weighted by Crippen LogP contribution is -2.45. The summed E-state index contributed by atoms with van der Waals surface area (Å²) in [5.41, 5.74) is 2.35. The van der Waals surface area contributed by atoms with Crippen LogP contribution in [0.4, 0.5) is 4.39 Å². The molecule has 0 N–H and O–H groups in total. The van der Waals surface area contributed by atoms with Gasteiger partial charge in [0.25, 0.3) is 5.91 Å². The third kappa shape index (κ3) is 6.93. The van der Waals surface area contributed by atoms with Crippen LogP contribution < -0.4 is 0 Å². The smallest absolute Gasteiger partial charge is 0.255 e. The quantitative estimate of drug-likeness (QED) is 0.344. The third-order valence-electron chi connectivity index (χ3n) is 6.54. The van der Waals surface area contributed by atoms with Crippen LogP contribution in [0.25, 0.3) is 0 Å². The second-order valence-electron chi connectivity index (χ2n) is 9.16. The minimum absolute atomic E-state index is 0.0521. The Kier molecular flexibility index (Phi) is 9.13. The van der Waals surface area contributed by atoms with Crippen molar-refractivity contribution in [3.63, 3.8) is 0 Å². The number of amides is 2. The normalized spacial score (nSPS) is 13.6. The summed E-state index contributed by atoms with van der Waals surface area (Å²) >= 11 is 7.94. The van der Waals surface area contributed by atoms with E-state index in [-0.39, 0.29) is 24.2 Å². The molecule has 0 bridgehead atoms.